The van der Waals surface area contributed by atoms with E-state index in [1.54, 1.807) is 12.4 Å². The molecule has 0 bridgehead atoms. The van der Waals surface area contributed by atoms with E-state index in [0.29, 0.717) is 11.5 Å². The second-order valence-electron chi connectivity index (χ2n) is 4.81. The molecule has 0 radical (unpaired) electrons. The number of hydrogen-bond acceptors (Lipinski definition) is 4. The van der Waals surface area contributed by atoms with Crippen molar-refractivity contribution in [3.05, 3.63) is 73.1 Å². The second kappa shape index (κ2) is 7.44. The summed E-state index contributed by atoms with van der Waals surface area (Å²) in [6.45, 7) is 0. The van der Waals surface area contributed by atoms with Gasteiger partial charge in [0.25, 0.3) is 10.1 Å². The van der Waals surface area contributed by atoms with Gasteiger partial charge in [-0.2, -0.15) is 8.42 Å². The summed E-state index contributed by atoms with van der Waals surface area (Å²) in [5.74, 6) is 1.11. The van der Waals surface area contributed by atoms with Crippen molar-refractivity contribution < 1.29 is 17.7 Å². The summed E-state index contributed by atoms with van der Waals surface area (Å²) in [7, 11) is -4.19. The molecule has 0 fully saturated rings. The highest BCUT2D eigenvalue weighted by Gasteiger charge is 2.09. The van der Waals surface area contributed by atoms with Crippen LogP contribution in [0.5, 0.6) is 11.5 Å². The van der Waals surface area contributed by atoms with Crippen LogP contribution < -0.4 is 4.74 Å². The van der Waals surface area contributed by atoms with Crippen LogP contribution >= 0.6 is 12.4 Å². The lowest BCUT2D eigenvalue weighted by Gasteiger charge is -2.07. The third-order valence-corrected chi connectivity index (χ3v) is 4.09. The van der Waals surface area contributed by atoms with Crippen LogP contribution in [0.25, 0.3) is 11.1 Å². The standard InChI is InChI=1S/C17H13NO4S.ClH/c19-23(20,21)17-7-5-16(6-8-17)22-15-3-1-13(2-4-15)14-9-11-18-12-10-14;/h1-12H,(H,19,20,21);1H. The van der Waals surface area contributed by atoms with Gasteiger partial charge in [-0.25, -0.2) is 0 Å². The van der Waals surface area contributed by atoms with Gasteiger partial charge in [0.05, 0.1) is 4.90 Å². The number of pyridine rings is 1. The zero-order valence-corrected chi connectivity index (χ0v) is 14.0. The van der Waals surface area contributed by atoms with Gasteiger partial charge < -0.3 is 4.74 Å². The van der Waals surface area contributed by atoms with Gasteiger partial charge in [-0.05, 0) is 59.7 Å². The molecular formula is C17H14ClNO4S. The summed E-state index contributed by atoms with van der Waals surface area (Å²) in [6, 6.07) is 16.9. The number of nitrogens with zero attached hydrogens (tertiary/aromatic N) is 1. The summed E-state index contributed by atoms with van der Waals surface area (Å²) >= 11 is 0. The zero-order valence-electron chi connectivity index (χ0n) is 12.4. The van der Waals surface area contributed by atoms with E-state index in [-0.39, 0.29) is 17.3 Å². The molecular weight excluding hydrogens is 350 g/mol. The molecule has 0 aliphatic carbocycles. The van der Waals surface area contributed by atoms with Gasteiger partial charge in [-0.15, -0.1) is 12.4 Å². The molecule has 124 valence electrons. The molecule has 1 N–H and O–H groups in total. The number of aromatic nitrogens is 1. The largest absolute Gasteiger partial charge is 0.457 e. The quantitative estimate of drug-likeness (QED) is 0.702. The van der Waals surface area contributed by atoms with E-state index >= 15 is 0 Å². The van der Waals surface area contributed by atoms with Crippen LogP contribution in [-0.2, 0) is 10.1 Å². The minimum absolute atomic E-state index is 0. The summed E-state index contributed by atoms with van der Waals surface area (Å²) in [5, 5.41) is 0. The highest BCUT2D eigenvalue weighted by atomic mass is 35.5. The van der Waals surface area contributed by atoms with Gasteiger partial charge in [0.1, 0.15) is 11.5 Å². The SMILES string of the molecule is Cl.O=S(=O)(O)c1ccc(Oc2ccc(-c3ccncc3)cc2)cc1. The Balaban J connectivity index is 0.00000208. The predicted octanol–water partition coefficient (Wildman–Crippen LogP) is 4.21. The molecule has 0 atom stereocenters. The van der Waals surface area contributed by atoms with E-state index in [1.165, 1.54) is 24.3 Å². The van der Waals surface area contributed by atoms with E-state index in [2.05, 4.69) is 4.98 Å². The fourth-order valence-electron chi connectivity index (χ4n) is 2.08. The molecule has 0 aliphatic heterocycles. The van der Waals surface area contributed by atoms with Crippen molar-refractivity contribution in [2.45, 2.75) is 4.90 Å². The van der Waals surface area contributed by atoms with Gasteiger partial charge in [0.15, 0.2) is 0 Å². The Kier molecular flexibility index (Phi) is 5.56. The molecule has 0 spiro atoms. The average molecular weight is 364 g/mol. The van der Waals surface area contributed by atoms with Crippen molar-refractivity contribution in [3.63, 3.8) is 0 Å². The first-order valence-electron chi connectivity index (χ1n) is 6.78. The molecule has 1 aromatic heterocycles. The summed E-state index contributed by atoms with van der Waals surface area (Å²) in [5.41, 5.74) is 2.10. The number of benzene rings is 2. The van der Waals surface area contributed by atoms with Crippen molar-refractivity contribution >= 4 is 22.5 Å². The Labute approximate surface area is 146 Å². The Hall–Kier alpha value is -2.41. The Morgan fingerprint density at radius 2 is 1.21 bits per heavy atom. The fourth-order valence-corrected chi connectivity index (χ4v) is 2.56. The number of hydrogen-bond donors (Lipinski definition) is 1. The number of rotatable bonds is 4. The molecule has 24 heavy (non-hydrogen) atoms. The molecule has 3 rings (SSSR count). The van der Waals surface area contributed by atoms with E-state index in [9.17, 15) is 8.42 Å². The smallest absolute Gasteiger partial charge is 0.294 e. The number of halogens is 1. The first-order chi connectivity index (χ1) is 11.0. The molecule has 7 heteroatoms. The molecule has 5 nitrogen and oxygen atoms in total. The van der Waals surface area contributed by atoms with Crippen molar-refractivity contribution in [1.29, 1.82) is 0 Å². The van der Waals surface area contributed by atoms with Crippen molar-refractivity contribution in [1.82, 2.24) is 4.98 Å². The monoisotopic (exact) mass is 363 g/mol. The Morgan fingerprint density at radius 1 is 0.750 bits per heavy atom. The molecule has 0 aliphatic rings. The van der Waals surface area contributed by atoms with Gasteiger partial charge in [-0.1, -0.05) is 12.1 Å². The van der Waals surface area contributed by atoms with E-state index in [4.69, 9.17) is 9.29 Å². The number of ether oxygens (including phenoxy) is 1. The summed E-state index contributed by atoms with van der Waals surface area (Å²) in [6.07, 6.45) is 3.47. The molecule has 3 aromatic rings. The lowest BCUT2D eigenvalue weighted by atomic mass is 10.1. The Bertz CT molecular complexity index is 896. The normalized spacial score (nSPS) is 10.7. The van der Waals surface area contributed by atoms with Gasteiger partial charge >= 0.3 is 0 Å². The van der Waals surface area contributed by atoms with Gasteiger partial charge in [0.2, 0.25) is 0 Å². The van der Waals surface area contributed by atoms with Gasteiger partial charge in [-0.3, -0.25) is 9.54 Å². The topological polar surface area (TPSA) is 76.5 Å². The molecule has 0 saturated carbocycles. The van der Waals surface area contributed by atoms with Gasteiger partial charge in [0, 0.05) is 12.4 Å². The van der Waals surface area contributed by atoms with Crippen molar-refractivity contribution in [2.75, 3.05) is 0 Å². The van der Waals surface area contributed by atoms with Crippen LogP contribution in [0.3, 0.4) is 0 Å². The molecule has 0 saturated heterocycles. The molecule has 0 amide bonds. The maximum Gasteiger partial charge on any atom is 0.294 e. The highest BCUT2D eigenvalue weighted by molar-refractivity contribution is 7.85. The third-order valence-electron chi connectivity index (χ3n) is 3.23. The highest BCUT2D eigenvalue weighted by Crippen LogP contribution is 2.26. The lowest BCUT2D eigenvalue weighted by Crippen LogP contribution is -1.97. The lowest BCUT2D eigenvalue weighted by molar-refractivity contribution is 0.478. The van der Waals surface area contributed by atoms with Crippen LogP contribution in [0.1, 0.15) is 0 Å². The molecule has 2 aromatic carbocycles. The van der Waals surface area contributed by atoms with E-state index in [1.807, 2.05) is 36.4 Å². The summed E-state index contributed by atoms with van der Waals surface area (Å²) < 4.78 is 36.6. The van der Waals surface area contributed by atoms with Crippen molar-refractivity contribution in [3.8, 4) is 22.6 Å². The second-order valence-corrected chi connectivity index (χ2v) is 6.23. The fraction of sp³-hybridized carbons (Fsp3) is 0. The van der Waals surface area contributed by atoms with Crippen LogP contribution in [0.4, 0.5) is 0 Å². The van der Waals surface area contributed by atoms with Crippen LogP contribution in [-0.4, -0.2) is 18.0 Å². The third kappa shape index (κ3) is 4.32. The maximum atomic E-state index is 11.0. The van der Waals surface area contributed by atoms with E-state index in [0.717, 1.165) is 11.1 Å². The van der Waals surface area contributed by atoms with E-state index < -0.39 is 10.1 Å². The van der Waals surface area contributed by atoms with Crippen LogP contribution in [0.15, 0.2) is 78.0 Å². The predicted molar refractivity (Wildman–Crippen MR) is 93.3 cm³/mol. The zero-order chi connectivity index (χ0) is 16.3. The average Bonchev–Trinajstić information content (AvgIpc) is 2.56. The maximum absolute atomic E-state index is 11.0. The summed E-state index contributed by atoms with van der Waals surface area (Å²) in [4.78, 5) is 3.81. The first kappa shape index (κ1) is 17.9. The molecule has 0 unspecified atom stereocenters. The minimum Gasteiger partial charge on any atom is -0.457 e. The minimum atomic E-state index is -4.19. The first-order valence-corrected chi connectivity index (χ1v) is 8.22. The van der Waals surface area contributed by atoms with Crippen LogP contribution in [0, 0.1) is 0 Å². The van der Waals surface area contributed by atoms with Crippen molar-refractivity contribution in [2.24, 2.45) is 0 Å². The Morgan fingerprint density at radius 3 is 1.71 bits per heavy atom. The van der Waals surface area contributed by atoms with Crippen LogP contribution in [0.2, 0.25) is 0 Å². The molecule has 1 heterocycles.